The van der Waals surface area contributed by atoms with Gasteiger partial charge in [-0.2, -0.15) is 11.8 Å². The zero-order valence-electron chi connectivity index (χ0n) is 11.3. The summed E-state index contributed by atoms with van der Waals surface area (Å²) >= 11 is 1.74. The first-order chi connectivity index (χ1) is 8.37. The predicted octanol–water partition coefficient (Wildman–Crippen LogP) is 2.87. The maximum atomic E-state index is 13.9. The van der Waals surface area contributed by atoms with Crippen LogP contribution < -0.4 is 16.0 Å². The molecule has 0 aliphatic carbocycles. The third-order valence-electron chi connectivity index (χ3n) is 2.47. The Balaban J connectivity index is 2.82. The van der Waals surface area contributed by atoms with Crippen molar-refractivity contribution in [1.82, 2.24) is 5.43 Å². The first kappa shape index (κ1) is 15.3. The largest absolute Gasteiger partial charge is 0.497 e. The molecule has 0 amide bonds. The van der Waals surface area contributed by atoms with Gasteiger partial charge in [0.1, 0.15) is 11.6 Å². The van der Waals surface area contributed by atoms with Gasteiger partial charge in [0, 0.05) is 22.1 Å². The Hall–Kier alpha value is -0.780. The second-order valence-electron chi connectivity index (χ2n) is 5.03. The van der Waals surface area contributed by atoms with Crippen LogP contribution in [0, 0.1) is 5.82 Å². The van der Waals surface area contributed by atoms with Gasteiger partial charge in [-0.1, -0.05) is 26.8 Å². The van der Waals surface area contributed by atoms with Gasteiger partial charge < -0.3 is 4.74 Å². The van der Waals surface area contributed by atoms with Gasteiger partial charge in [-0.25, -0.2) is 4.39 Å². The Morgan fingerprint density at radius 2 is 2.11 bits per heavy atom. The van der Waals surface area contributed by atoms with E-state index in [0.29, 0.717) is 17.1 Å². The quantitative estimate of drug-likeness (QED) is 0.639. The highest BCUT2D eigenvalue weighted by Crippen LogP contribution is 2.30. The Morgan fingerprint density at radius 1 is 1.44 bits per heavy atom. The highest BCUT2D eigenvalue weighted by molar-refractivity contribution is 8.00. The molecule has 0 aliphatic rings. The number of ether oxygens (including phenoxy) is 1. The predicted molar refractivity (Wildman–Crippen MR) is 75.2 cm³/mol. The van der Waals surface area contributed by atoms with Crippen LogP contribution in [-0.2, 0) is 0 Å². The van der Waals surface area contributed by atoms with Crippen LogP contribution in [-0.4, -0.2) is 17.6 Å². The number of methoxy groups -OCH3 is 1. The SMILES string of the molecule is COc1ccc(C(CSC(C)(C)C)NN)c(F)c1. The molecule has 1 atom stereocenters. The van der Waals surface area contributed by atoms with Gasteiger partial charge in [0.25, 0.3) is 0 Å². The molecule has 5 heteroatoms. The molecule has 0 saturated heterocycles. The fourth-order valence-electron chi connectivity index (χ4n) is 1.48. The minimum Gasteiger partial charge on any atom is -0.497 e. The summed E-state index contributed by atoms with van der Waals surface area (Å²) < 4.78 is 19.0. The molecule has 3 N–H and O–H groups in total. The van der Waals surface area contributed by atoms with Crippen molar-refractivity contribution < 1.29 is 9.13 Å². The molecule has 1 aromatic carbocycles. The number of halogens is 1. The van der Waals surface area contributed by atoms with Crippen molar-refractivity contribution >= 4 is 11.8 Å². The summed E-state index contributed by atoms with van der Waals surface area (Å²) in [6, 6.07) is 4.62. The average molecular weight is 272 g/mol. The zero-order valence-corrected chi connectivity index (χ0v) is 12.1. The molecule has 1 unspecified atom stereocenters. The number of hydrazine groups is 1. The smallest absolute Gasteiger partial charge is 0.131 e. The van der Waals surface area contributed by atoms with Crippen LogP contribution in [0.25, 0.3) is 0 Å². The standard InChI is InChI=1S/C13H21FN2OS/c1-13(2,3)18-8-12(16-15)10-6-5-9(17-4)7-11(10)14/h5-7,12,16H,8,15H2,1-4H3. The number of nitrogens with two attached hydrogens (primary N) is 1. The first-order valence-electron chi connectivity index (χ1n) is 5.81. The molecule has 0 heterocycles. The van der Waals surface area contributed by atoms with E-state index in [1.54, 1.807) is 23.9 Å². The molecule has 0 bridgehead atoms. The normalized spacial score (nSPS) is 13.4. The Bertz CT molecular complexity index is 393. The van der Waals surface area contributed by atoms with Crippen molar-refractivity contribution in [1.29, 1.82) is 0 Å². The monoisotopic (exact) mass is 272 g/mol. The van der Waals surface area contributed by atoms with Gasteiger partial charge in [0.2, 0.25) is 0 Å². The van der Waals surface area contributed by atoms with Crippen molar-refractivity contribution in [2.24, 2.45) is 5.84 Å². The minimum atomic E-state index is -0.299. The molecular formula is C13H21FN2OS. The number of benzene rings is 1. The summed E-state index contributed by atoms with van der Waals surface area (Å²) in [6.45, 7) is 6.36. The first-order valence-corrected chi connectivity index (χ1v) is 6.79. The summed E-state index contributed by atoms with van der Waals surface area (Å²) in [7, 11) is 1.52. The van der Waals surface area contributed by atoms with Gasteiger partial charge in [-0.05, 0) is 6.07 Å². The molecule has 0 fully saturated rings. The maximum Gasteiger partial charge on any atom is 0.131 e. The van der Waals surface area contributed by atoms with Gasteiger partial charge in [0.05, 0.1) is 13.2 Å². The fraction of sp³-hybridized carbons (Fsp3) is 0.538. The Labute approximate surface area is 112 Å². The van der Waals surface area contributed by atoms with E-state index in [-0.39, 0.29) is 16.6 Å². The van der Waals surface area contributed by atoms with E-state index in [1.807, 2.05) is 0 Å². The van der Waals surface area contributed by atoms with E-state index in [2.05, 4.69) is 26.2 Å². The minimum absolute atomic E-state index is 0.123. The summed E-state index contributed by atoms with van der Waals surface area (Å²) in [5.74, 6) is 6.43. The van der Waals surface area contributed by atoms with E-state index >= 15 is 0 Å². The number of rotatable bonds is 5. The van der Waals surface area contributed by atoms with Crippen molar-refractivity contribution in [2.75, 3.05) is 12.9 Å². The van der Waals surface area contributed by atoms with E-state index in [4.69, 9.17) is 10.6 Å². The molecule has 0 aromatic heterocycles. The topological polar surface area (TPSA) is 47.3 Å². The van der Waals surface area contributed by atoms with Crippen LogP contribution in [0.15, 0.2) is 18.2 Å². The Morgan fingerprint density at radius 3 is 2.56 bits per heavy atom. The summed E-state index contributed by atoms with van der Waals surface area (Å²) in [6.07, 6.45) is 0. The van der Waals surface area contributed by atoms with E-state index in [9.17, 15) is 4.39 Å². The zero-order chi connectivity index (χ0) is 13.8. The van der Waals surface area contributed by atoms with Gasteiger partial charge >= 0.3 is 0 Å². The number of hydrogen-bond donors (Lipinski definition) is 2. The van der Waals surface area contributed by atoms with Crippen LogP contribution >= 0.6 is 11.8 Å². The van der Waals surface area contributed by atoms with E-state index < -0.39 is 0 Å². The maximum absolute atomic E-state index is 13.9. The fourth-order valence-corrected chi connectivity index (χ4v) is 2.42. The molecule has 18 heavy (non-hydrogen) atoms. The third-order valence-corrected chi connectivity index (χ3v) is 3.83. The molecule has 0 radical (unpaired) electrons. The molecule has 0 spiro atoms. The van der Waals surface area contributed by atoms with Gasteiger partial charge in [-0.3, -0.25) is 11.3 Å². The van der Waals surface area contributed by atoms with E-state index in [0.717, 1.165) is 0 Å². The number of hydrogen-bond acceptors (Lipinski definition) is 4. The van der Waals surface area contributed by atoms with Crippen LogP contribution in [0.3, 0.4) is 0 Å². The highest BCUT2D eigenvalue weighted by atomic mass is 32.2. The summed E-state index contributed by atoms with van der Waals surface area (Å²) in [4.78, 5) is 0. The average Bonchev–Trinajstić information content (AvgIpc) is 2.30. The molecule has 102 valence electrons. The van der Waals surface area contributed by atoms with Crippen molar-refractivity contribution in [3.8, 4) is 5.75 Å². The number of nitrogens with one attached hydrogen (secondary N) is 1. The van der Waals surface area contributed by atoms with Crippen LogP contribution in [0.5, 0.6) is 5.75 Å². The molecular weight excluding hydrogens is 251 g/mol. The number of thioether (sulfide) groups is 1. The summed E-state index contributed by atoms with van der Waals surface area (Å²) in [5, 5.41) is 0. The Kier molecular flexibility index (Phi) is 5.44. The van der Waals surface area contributed by atoms with Gasteiger partial charge in [0.15, 0.2) is 0 Å². The van der Waals surface area contributed by atoms with Gasteiger partial charge in [-0.15, -0.1) is 0 Å². The lowest BCUT2D eigenvalue weighted by Crippen LogP contribution is -2.31. The molecule has 0 aliphatic heterocycles. The lowest BCUT2D eigenvalue weighted by Gasteiger charge is -2.23. The van der Waals surface area contributed by atoms with Crippen molar-refractivity contribution in [2.45, 2.75) is 31.6 Å². The van der Waals surface area contributed by atoms with Crippen LogP contribution in [0.1, 0.15) is 32.4 Å². The van der Waals surface area contributed by atoms with Crippen LogP contribution in [0.4, 0.5) is 4.39 Å². The lowest BCUT2D eigenvalue weighted by atomic mass is 10.1. The van der Waals surface area contributed by atoms with E-state index in [1.165, 1.54) is 13.2 Å². The molecule has 3 nitrogen and oxygen atoms in total. The highest BCUT2D eigenvalue weighted by Gasteiger charge is 2.19. The molecule has 1 rings (SSSR count). The van der Waals surface area contributed by atoms with Crippen molar-refractivity contribution in [3.63, 3.8) is 0 Å². The second-order valence-corrected chi connectivity index (χ2v) is 6.88. The third kappa shape index (κ3) is 4.48. The summed E-state index contributed by atoms with van der Waals surface area (Å²) in [5.41, 5.74) is 3.23. The molecule has 0 saturated carbocycles. The lowest BCUT2D eigenvalue weighted by molar-refractivity contribution is 0.409. The van der Waals surface area contributed by atoms with Crippen molar-refractivity contribution in [3.05, 3.63) is 29.6 Å². The molecule has 1 aromatic rings. The van der Waals surface area contributed by atoms with Crippen LogP contribution in [0.2, 0.25) is 0 Å². The second kappa shape index (κ2) is 6.41.